The number of amides is 1. The summed E-state index contributed by atoms with van der Waals surface area (Å²) < 4.78 is 43.5. The van der Waals surface area contributed by atoms with Gasteiger partial charge in [-0.1, -0.05) is 81.8 Å². The third-order valence-electron chi connectivity index (χ3n) is 6.43. The topological polar surface area (TPSA) is 32.3 Å². The molecule has 1 atom stereocenters. The average molecular weight is 449 g/mol. The van der Waals surface area contributed by atoms with Crippen LogP contribution >= 0.6 is 0 Å². The second kappa shape index (κ2) is 10.2. The smallest absolute Gasteiger partial charge is 0.287 e. The zero-order valence-corrected chi connectivity index (χ0v) is 19.4. The minimum atomic E-state index is -4.52. The first-order valence-electron chi connectivity index (χ1n) is 11.8. The summed E-state index contributed by atoms with van der Waals surface area (Å²) in [5.74, 6) is -0.374. The lowest BCUT2D eigenvalue weighted by Gasteiger charge is -2.32. The highest BCUT2D eigenvalue weighted by molar-refractivity contribution is 5.88. The van der Waals surface area contributed by atoms with Crippen LogP contribution in [0.15, 0.2) is 36.4 Å². The highest BCUT2D eigenvalue weighted by atomic mass is 19.4. The number of unbranched alkanes of at least 4 members (excludes halogenated alkanes) is 6. The van der Waals surface area contributed by atoms with E-state index in [0.717, 1.165) is 35.2 Å². The van der Waals surface area contributed by atoms with Gasteiger partial charge in [0.15, 0.2) is 6.04 Å². The number of nitrogens with one attached hydrogen (secondary N) is 1. The molecule has 1 aliphatic heterocycles. The van der Waals surface area contributed by atoms with Gasteiger partial charge in [-0.25, -0.2) is 5.01 Å². The minimum absolute atomic E-state index is 0.0100. The van der Waals surface area contributed by atoms with Crippen molar-refractivity contribution in [1.82, 2.24) is 10.4 Å². The van der Waals surface area contributed by atoms with Crippen molar-refractivity contribution in [1.29, 1.82) is 0 Å². The SMILES string of the molecule is CCCCCCCCCc1ccc2ccccc2c1[C@H](N1CC(C)(C)C(=O)N1)C(F)(F)F. The Morgan fingerprint density at radius 1 is 1.00 bits per heavy atom. The number of nitrogens with zero attached hydrogens (tertiary/aromatic N) is 1. The molecule has 3 nitrogen and oxygen atoms in total. The summed E-state index contributed by atoms with van der Waals surface area (Å²) in [4.78, 5) is 12.3. The normalized spacial score (nSPS) is 17.6. The van der Waals surface area contributed by atoms with Crippen LogP contribution in [0.25, 0.3) is 10.8 Å². The summed E-state index contributed by atoms with van der Waals surface area (Å²) in [6, 6.07) is 9.11. The van der Waals surface area contributed by atoms with Crippen LogP contribution in [-0.2, 0) is 11.2 Å². The Balaban J connectivity index is 1.92. The molecule has 0 saturated carbocycles. The van der Waals surface area contributed by atoms with Crippen LogP contribution in [0.5, 0.6) is 0 Å². The van der Waals surface area contributed by atoms with Gasteiger partial charge in [0.25, 0.3) is 0 Å². The molecule has 1 heterocycles. The molecule has 0 spiro atoms. The van der Waals surface area contributed by atoms with Crippen LogP contribution in [0.1, 0.15) is 82.9 Å². The molecule has 0 bridgehead atoms. The summed E-state index contributed by atoms with van der Waals surface area (Å²) in [5.41, 5.74) is 2.64. The molecular weight excluding hydrogens is 413 g/mol. The lowest BCUT2D eigenvalue weighted by Crippen LogP contribution is -2.44. The third-order valence-corrected chi connectivity index (χ3v) is 6.43. The summed E-state index contributed by atoms with van der Waals surface area (Å²) in [7, 11) is 0. The standard InChI is InChI=1S/C26H35F3N2O/c1-4-5-6-7-8-9-10-14-20-17-16-19-13-11-12-15-21(19)22(20)23(26(27,28)29)31-18-25(2,3)24(32)30-31/h11-13,15-17,23H,4-10,14,18H2,1-3H3,(H,30,32)/t23-/m0/s1. The third kappa shape index (κ3) is 5.64. The molecule has 32 heavy (non-hydrogen) atoms. The Morgan fingerprint density at radius 3 is 2.28 bits per heavy atom. The van der Waals surface area contributed by atoms with Gasteiger partial charge in [-0.15, -0.1) is 0 Å². The monoisotopic (exact) mass is 448 g/mol. The van der Waals surface area contributed by atoms with E-state index < -0.39 is 17.6 Å². The first-order valence-corrected chi connectivity index (χ1v) is 11.8. The largest absolute Gasteiger partial charge is 0.409 e. The lowest BCUT2D eigenvalue weighted by molar-refractivity contribution is -0.191. The number of benzene rings is 2. The van der Waals surface area contributed by atoms with Gasteiger partial charge in [0.05, 0.1) is 5.41 Å². The lowest BCUT2D eigenvalue weighted by atomic mass is 9.89. The van der Waals surface area contributed by atoms with Crippen LogP contribution in [0.4, 0.5) is 13.2 Å². The van der Waals surface area contributed by atoms with Crippen molar-refractivity contribution in [2.24, 2.45) is 5.41 Å². The van der Waals surface area contributed by atoms with Crippen molar-refractivity contribution in [2.75, 3.05) is 6.54 Å². The zero-order valence-electron chi connectivity index (χ0n) is 19.4. The second-order valence-electron chi connectivity index (χ2n) is 9.63. The maximum Gasteiger partial charge on any atom is 0.409 e. The van der Waals surface area contributed by atoms with Gasteiger partial charge < -0.3 is 0 Å². The van der Waals surface area contributed by atoms with Crippen LogP contribution in [0.3, 0.4) is 0 Å². The molecule has 3 rings (SSSR count). The van der Waals surface area contributed by atoms with Gasteiger partial charge >= 0.3 is 6.18 Å². The molecule has 6 heteroatoms. The molecule has 0 radical (unpaired) electrons. The van der Waals surface area contributed by atoms with E-state index >= 15 is 0 Å². The van der Waals surface area contributed by atoms with Gasteiger partial charge in [-0.3, -0.25) is 10.2 Å². The van der Waals surface area contributed by atoms with Gasteiger partial charge in [-0.05, 0) is 48.6 Å². The van der Waals surface area contributed by atoms with Crippen molar-refractivity contribution < 1.29 is 18.0 Å². The Hall–Kier alpha value is -2.08. The van der Waals surface area contributed by atoms with Gasteiger partial charge in [0.2, 0.25) is 5.91 Å². The van der Waals surface area contributed by atoms with E-state index in [2.05, 4.69) is 12.3 Å². The molecule has 2 aromatic rings. The Bertz CT molecular complexity index is 923. The molecule has 0 aliphatic carbocycles. The molecule has 1 aliphatic rings. The van der Waals surface area contributed by atoms with Crippen molar-refractivity contribution >= 4 is 16.7 Å². The van der Waals surface area contributed by atoms with Crippen molar-refractivity contribution in [2.45, 2.75) is 84.4 Å². The molecule has 2 aromatic carbocycles. The van der Waals surface area contributed by atoms with E-state index in [4.69, 9.17) is 0 Å². The minimum Gasteiger partial charge on any atom is -0.287 e. The van der Waals surface area contributed by atoms with E-state index in [0.29, 0.717) is 11.8 Å². The average Bonchev–Trinajstić information content (AvgIpc) is 2.99. The summed E-state index contributed by atoms with van der Waals surface area (Å²) in [6.45, 7) is 5.55. The summed E-state index contributed by atoms with van der Waals surface area (Å²) in [6.07, 6.45) is 3.90. The number of aryl methyl sites for hydroxylation is 1. The number of rotatable bonds is 10. The van der Waals surface area contributed by atoms with Gasteiger partial charge in [-0.2, -0.15) is 13.2 Å². The van der Waals surface area contributed by atoms with E-state index in [1.807, 2.05) is 24.3 Å². The summed E-state index contributed by atoms with van der Waals surface area (Å²) >= 11 is 0. The van der Waals surface area contributed by atoms with E-state index in [1.54, 1.807) is 26.0 Å². The fourth-order valence-electron chi connectivity index (χ4n) is 4.63. The Kier molecular flexibility index (Phi) is 7.86. The first-order chi connectivity index (χ1) is 15.1. The van der Waals surface area contributed by atoms with E-state index in [9.17, 15) is 18.0 Å². The van der Waals surface area contributed by atoms with Crippen LogP contribution in [0, 0.1) is 5.41 Å². The Labute approximate surface area is 189 Å². The predicted octanol–water partition coefficient (Wildman–Crippen LogP) is 7.11. The van der Waals surface area contributed by atoms with Crippen LogP contribution < -0.4 is 5.43 Å². The molecule has 0 aromatic heterocycles. The first kappa shape index (κ1) is 24.6. The summed E-state index contributed by atoms with van der Waals surface area (Å²) in [5, 5.41) is 2.48. The number of carbonyl (C=O) groups excluding carboxylic acids is 1. The number of hydrazine groups is 1. The Morgan fingerprint density at radius 2 is 1.66 bits per heavy atom. The van der Waals surface area contributed by atoms with Crippen molar-refractivity contribution in [3.05, 3.63) is 47.5 Å². The zero-order chi connectivity index (χ0) is 23.4. The van der Waals surface area contributed by atoms with E-state index in [1.165, 1.54) is 25.7 Å². The maximum absolute atomic E-state index is 14.5. The number of alkyl halides is 3. The van der Waals surface area contributed by atoms with Crippen LogP contribution in [0.2, 0.25) is 0 Å². The molecular formula is C26H35F3N2O. The molecule has 1 saturated heterocycles. The maximum atomic E-state index is 14.5. The highest BCUT2D eigenvalue weighted by Gasteiger charge is 2.52. The second-order valence-corrected chi connectivity index (χ2v) is 9.63. The fraction of sp³-hybridized carbons (Fsp3) is 0.577. The highest BCUT2D eigenvalue weighted by Crippen LogP contribution is 2.44. The van der Waals surface area contributed by atoms with Crippen molar-refractivity contribution in [3.63, 3.8) is 0 Å². The number of halogens is 3. The van der Waals surface area contributed by atoms with Crippen molar-refractivity contribution in [3.8, 4) is 0 Å². The molecule has 176 valence electrons. The molecule has 1 amide bonds. The van der Waals surface area contributed by atoms with Gasteiger partial charge in [0.1, 0.15) is 0 Å². The van der Waals surface area contributed by atoms with Gasteiger partial charge in [0, 0.05) is 6.54 Å². The molecule has 1 N–H and O–H groups in total. The predicted molar refractivity (Wildman–Crippen MR) is 123 cm³/mol. The number of hydrogen-bond donors (Lipinski definition) is 1. The molecule has 1 fully saturated rings. The number of carbonyl (C=O) groups is 1. The van der Waals surface area contributed by atoms with Crippen LogP contribution in [-0.4, -0.2) is 23.6 Å². The number of fused-ring (bicyclic) bond motifs is 1. The number of hydrogen-bond acceptors (Lipinski definition) is 2. The fourth-order valence-corrected chi connectivity index (χ4v) is 4.63. The molecule has 0 unspecified atom stereocenters. The quantitative estimate of drug-likeness (QED) is 0.393. The van der Waals surface area contributed by atoms with E-state index in [-0.39, 0.29) is 18.0 Å².